The smallest absolute Gasteiger partial charge is 0.317 e. The maximum atomic E-state index is 13.4. The van der Waals surface area contributed by atoms with Gasteiger partial charge in [-0.05, 0) is 18.6 Å². The number of aromatic amines is 2. The Morgan fingerprint density at radius 1 is 1.42 bits per heavy atom. The molecule has 0 aliphatic carbocycles. The molecule has 8 heteroatoms. The molecule has 0 saturated carbocycles. The van der Waals surface area contributed by atoms with Gasteiger partial charge in [0.1, 0.15) is 12.0 Å². The average Bonchev–Trinajstić information content (AvgIpc) is 2.95. The van der Waals surface area contributed by atoms with Crippen molar-refractivity contribution in [1.29, 1.82) is 0 Å². The number of nitro groups is 1. The van der Waals surface area contributed by atoms with Crippen LogP contribution in [0.15, 0.2) is 18.3 Å². The van der Waals surface area contributed by atoms with Gasteiger partial charge in [0.05, 0.1) is 16.0 Å². The highest BCUT2D eigenvalue weighted by Crippen LogP contribution is 2.27. The number of nitrogens with one attached hydrogen (secondary N) is 2. The first-order valence-corrected chi connectivity index (χ1v) is 5.40. The van der Waals surface area contributed by atoms with Crippen LogP contribution in [0, 0.1) is 22.9 Å². The van der Waals surface area contributed by atoms with Crippen molar-refractivity contribution in [2.75, 3.05) is 0 Å². The molecule has 0 aliphatic rings. The van der Waals surface area contributed by atoms with E-state index in [0.717, 1.165) is 0 Å². The number of benzene rings is 1. The van der Waals surface area contributed by atoms with Gasteiger partial charge in [0.15, 0.2) is 5.82 Å². The Hall–Kier alpha value is -2.77. The van der Waals surface area contributed by atoms with Crippen molar-refractivity contribution < 1.29 is 9.31 Å². The molecule has 2 aromatic heterocycles. The lowest BCUT2D eigenvalue weighted by atomic mass is 10.2. The van der Waals surface area contributed by atoms with Crippen LogP contribution >= 0.6 is 0 Å². The Balaban J connectivity index is 2.21. The molecule has 96 valence electrons. The van der Waals surface area contributed by atoms with Crippen LogP contribution in [0.2, 0.25) is 0 Å². The van der Waals surface area contributed by atoms with E-state index in [9.17, 15) is 14.5 Å². The summed E-state index contributed by atoms with van der Waals surface area (Å²) in [5, 5.41) is 17.0. The van der Waals surface area contributed by atoms with Crippen LogP contribution in [0.1, 0.15) is 5.56 Å². The van der Waals surface area contributed by atoms with Crippen molar-refractivity contribution in [3.63, 3.8) is 0 Å². The molecular formula is C11H8FN5O2. The molecule has 3 rings (SSSR count). The Labute approximate surface area is 105 Å². The van der Waals surface area contributed by atoms with E-state index in [1.807, 2.05) is 0 Å². The maximum Gasteiger partial charge on any atom is 0.317 e. The number of imidazole rings is 1. The molecular weight excluding hydrogens is 253 g/mol. The van der Waals surface area contributed by atoms with Gasteiger partial charge in [-0.2, -0.15) is 5.10 Å². The number of hydrogen-bond acceptors (Lipinski definition) is 4. The summed E-state index contributed by atoms with van der Waals surface area (Å²) in [4.78, 5) is 17.3. The molecule has 3 aromatic rings. The number of halogens is 1. The summed E-state index contributed by atoms with van der Waals surface area (Å²) >= 11 is 0. The minimum Gasteiger partial charge on any atom is -0.336 e. The number of nitrogens with zero attached hydrogens (tertiary/aromatic N) is 3. The lowest BCUT2D eigenvalue weighted by Gasteiger charge is -1.93. The topological polar surface area (TPSA) is 100 Å². The Kier molecular flexibility index (Phi) is 2.31. The number of aromatic nitrogens is 4. The van der Waals surface area contributed by atoms with Gasteiger partial charge in [-0.15, -0.1) is 0 Å². The quantitative estimate of drug-likeness (QED) is 0.546. The highest BCUT2D eigenvalue weighted by atomic mass is 19.1. The number of fused-ring (bicyclic) bond motifs is 1. The molecule has 0 unspecified atom stereocenters. The fraction of sp³-hybridized carbons (Fsp3) is 0.0909. The molecule has 0 radical (unpaired) electrons. The van der Waals surface area contributed by atoms with Gasteiger partial charge in [0.2, 0.25) is 5.69 Å². The van der Waals surface area contributed by atoms with E-state index in [4.69, 9.17) is 0 Å². The standard InChI is InChI=1S/C11H8FN5O2/c1-5-2-7-8(3-6(5)12)15-11(14-7)10-9(17(18)19)4-13-16-10/h2-4H,1H3,(H,13,16)(H,14,15). The van der Waals surface area contributed by atoms with E-state index in [-0.39, 0.29) is 23.0 Å². The first kappa shape index (κ1) is 11.3. The van der Waals surface area contributed by atoms with Gasteiger partial charge in [-0.25, -0.2) is 9.37 Å². The fourth-order valence-corrected chi connectivity index (χ4v) is 1.85. The van der Waals surface area contributed by atoms with Crippen LogP contribution in [-0.2, 0) is 0 Å². The van der Waals surface area contributed by atoms with Crippen LogP contribution in [-0.4, -0.2) is 25.1 Å². The predicted molar refractivity (Wildman–Crippen MR) is 65.0 cm³/mol. The monoisotopic (exact) mass is 261 g/mol. The normalized spacial score (nSPS) is 11.1. The summed E-state index contributed by atoms with van der Waals surface area (Å²) in [6, 6.07) is 2.88. The van der Waals surface area contributed by atoms with E-state index in [2.05, 4.69) is 20.2 Å². The van der Waals surface area contributed by atoms with E-state index in [1.54, 1.807) is 13.0 Å². The molecule has 0 saturated heterocycles. The van der Waals surface area contributed by atoms with Gasteiger partial charge in [0.25, 0.3) is 0 Å². The molecule has 7 nitrogen and oxygen atoms in total. The Morgan fingerprint density at radius 2 is 2.21 bits per heavy atom. The second-order valence-corrected chi connectivity index (χ2v) is 4.08. The Bertz CT molecular complexity index is 753. The fourth-order valence-electron chi connectivity index (χ4n) is 1.85. The molecule has 0 fully saturated rings. The largest absolute Gasteiger partial charge is 0.336 e. The van der Waals surface area contributed by atoms with Crippen LogP contribution in [0.5, 0.6) is 0 Å². The zero-order chi connectivity index (χ0) is 13.6. The zero-order valence-electron chi connectivity index (χ0n) is 9.77. The lowest BCUT2D eigenvalue weighted by molar-refractivity contribution is -0.384. The molecule has 0 spiro atoms. The van der Waals surface area contributed by atoms with Crippen LogP contribution in [0.25, 0.3) is 22.6 Å². The number of hydrogen-bond donors (Lipinski definition) is 2. The van der Waals surface area contributed by atoms with E-state index in [1.165, 1.54) is 12.3 Å². The number of aryl methyl sites for hydroxylation is 1. The third-order valence-electron chi connectivity index (χ3n) is 2.80. The van der Waals surface area contributed by atoms with E-state index >= 15 is 0 Å². The number of rotatable bonds is 2. The highest BCUT2D eigenvalue weighted by Gasteiger charge is 2.21. The third kappa shape index (κ3) is 1.73. The van der Waals surface area contributed by atoms with Crippen molar-refractivity contribution in [1.82, 2.24) is 20.2 Å². The van der Waals surface area contributed by atoms with Crippen molar-refractivity contribution in [3.05, 3.63) is 39.8 Å². The average molecular weight is 261 g/mol. The van der Waals surface area contributed by atoms with Crippen molar-refractivity contribution >= 4 is 16.7 Å². The van der Waals surface area contributed by atoms with Gasteiger partial charge >= 0.3 is 5.69 Å². The number of H-pyrrole nitrogens is 2. The summed E-state index contributed by atoms with van der Waals surface area (Å²) in [7, 11) is 0. The van der Waals surface area contributed by atoms with Gasteiger partial charge in [-0.1, -0.05) is 0 Å². The SMILES string of the molecule is Cc1cc2[nH]c(-c3n[nH]cc3[N+](=O)[O-])nc2cc1F. The first-order valence-electron chi connectivity index (χ1n) is 5.40. The predicted octanol–water partition coefficient (Wildman–Crippen LogP) is 2.31. The molecule has 2 N–H and O–H groups in total. The molecule has 0 amide bonds. The van der Waals surface area contributed by atoms with Crippen LogP contribution < -0.4 is 0 Å². The summed E-state index contributed by atoms with van der Waals surface area (Å²) in [6.07, 6.45) is 1.17. The van der Waals surface area contributed by atoms with Crippen molar-refractivity contribution in [2.45, 2.75) is 6.92 Å². The summed E-state index contributed by atoms with van der Waals surface area (Å²) < 4.78 is 13.4. The molecule has 1 aromatic carbocycles. The van der Waals surface area contributed by atoms with Crippen LogP contribution in [0.3, 0.4) is 0 Å². The highest BCUT2D eigenvalue weighted by molar-refractivity contribution is 5.80. The Morgan fingerprint density at radius 3 is 2.95 bits per heavy atom. The summed E-state index contributed by atoms with van der Waals surface area (Å²) in [5.74, 6) is -0.143. The van der Waals surface area contributed by atoms with E-state index in [0.29, 0.717) is 16.6 Å². The molecule has 0 bridgehead atoms. The zero-order valence-corrected chi connectivity index (χ0v) is 9.77. The first-order chi connectivity index (χ1) is 9.06. The maximum absolute atomic E-state index is 13.4. The molecule has 0 aliphatic heterocycles. The van der Waals surface area contributed by atoms with Crippen molar-refractivity contribution in [2.24, 2.45) is 0 Å². The minimum absolute atomic E-state index is 0.0965. The molecule has 0 atom stereocenters. The second-order valence-electron chi connectivity index (χ2n) is 4.08. The van der Waals surface area contributed by atoms with Gasteiger partial charge in [-0.3, -0.25) is 15.2 Å². The molecule has 2 heterocycles. The summed E-state index contributed by atoms with van der Waals surface area (Å²) in [5.41, 5.74) is 1.39. The summed E-state index contributed by atoms with van der Waals surface area (Å²) in [6.45, 7) is 1.63. The van der Waals surface area contributed by atoms with E-state index < -0.39 is 4.92 Å². The molecule has 19 heavy (non-hydrogen) atoms. The minimum atomic E-state index is -0.558. The van der Waals surface area contributed by atoms with Gasteiger partial charge < -0.3 is 4.98 Å². The second kappa shape index (κ2) is 3.87. The van der Waals surface area contributed by atoms with Crippen LogP contribution in [0.4, 0.5) is 10.1 Å². The lowest BCUT2D eigenvalue weighted by Crippen LogP contribution is -1.90. The third-order valence-corrected chi connectivity index (χ3v) is 2.80. The van der Waals surface area contributed by atoms with Gasteiger partial charge in [0, 0.05) is 6.07 Å². The van der Waals surface area contributed by atoms with Crippen molar-refractivity contribution in [3.8, 4) is 11.5 Å².